The van der Waals surface area contributed by atoms with Crippen LogP contribution in [-0.4, -0.2) is 21.4 Å². The van der Waals surface area contributed by atoms with Gasteiger partial charge in [-0.15, -0.1) is 0 Å². The number of nitrogens with one attached hydrogen (secondary N) is 1. The average molecular weight is 254 g/mol. The molecule has 0 atom stereocenters. The first-order valence-corrected chi connectivity index (χ1v) is 6.63. The topological polar surface area (TPSA) is 42.2 Å². The Kier molecular flexibility index (Phi) is 2.85. The summed E-state index contributed by atoms with van der Waals surface area (Å²) in [5.41, 5.74) is 4.24. The molecule has 0 unspecified atom stereocenters. The van der Waals surface area contributed by atoms with Crippen molar-refractivity contribution < 1.29 is 0 Å². The van der Waals surface area contributed by atoms with Crippen LogP contribution in [0.2, 0.25) is 0 Å². The van der Waals surface area contributed by atoms with Crippen molar-refractivity contribution in [1.82, 2.24) is 14.4 Å². The van der Waals surface area contributed by atoms with Gasteiger partial charge in [-0.3, -0.25) is 4.40 Å². The van der Waals surface area contributed by atoms with E-state index in [-0.39, 0.29) is 0 Å². The van der Waals surface area contributed by atoms with Crippen LogP contribution in [0.25, 0.3) is 16.7 Å². The van der Waals surface area contributed by atoms with Crippen LogP contribution >= 0.6 is 0 Å². The number of anilines is 1. The molecule has 0 spiro atoms. The molecule has 2 heterocycles. The second-order valence-electron chi connectivity index (χ2n) is 5.21. The van der Waals surface area contributed by atoms with E-state index >= 15 is 0 Å². The van der Waals surface area contributed by atoms with Gasteiger partial charge in [0.25, 0.3) is 0 Å². The van der Waals surface area contributed by atoms with Crippen molar-refractivity contribution in [2.75, 3.05) is 12.4 Å². The Morgan fingerprint density at radius 3 is 2.79 bits per heavy atom. The Balaban J connectivity index is 2.39. The normalized spacial score (nSPS) is 11.6. The van der Waals surface area contributed by atoms with Crippen molar-refractivity contribution in [3.05, 3.63) is 36.2 Å². The van der Waals surface area contributed by atoms with Crippen LogP contribution in [0, 0.1) is 5.92 Å². The summed E-state index contributed by atoms with van der Waals surface area (Å²) in [6.07, 6.45) is 2.97. The summed E-state index contributed by atoms with van der Waals surface area (Å²) in [7, 11) is 1.88. The molecule has 0 amide bonds. The van der Waals surface area contributed by atoms with Crippen LogP contribution in [0.3, 0.4) is 0 Å². The molecule has 0 fully saturated rings. The van der Waals surface area contributed by atoms with Gasteiger partial charge in [-0.2, -0.15) is 0 Å². The monoisotopic (exact) mass is 254 g/mol. The van der Waals surface area contributed by atoms with Crippen LogP contribution < -0.4 is 5.32 Å². The van der Waals surface area contributed by atoms with Crippen molar-refractivity contribution in [1.29, 1.82) is 0 Å². The lowest BCUT2D eigenvalue weighted by molar-refractivity contribution is 0.634. The summed E-state index contributed by atoms with van der Waals surface area (Å²) in [5.74, 6) is 1.43. The Labute approximate surface area is 112 Å². The van der Waals surface area contributed by atoms with Gasteiger partial charge < -0.3 is 5.32 Å². The molecular formula is C15H18N4. The van der Waals surface area contributed by atoms with E-state index in [1.807, 2.05) is 31.4 Å². The summed E-state index contributed by atoms with van der Waals surface area (Å²) in [6, 6.07) is 8.19. The Morgan fingerprint density at radius 1 is 1.26 bits per heavy atom. The standard InChI is InChI=1S/C15H18N4/c1-10(2)8-11-9-17-15-14(16-3)18-12-6-4-5-7-13(12)19(11)15/h4-7,9-10H,8H2,1-3H3,(H,16,18). The molecule has 3 rings (SSSR count). The predicted molar refractivity (Wildman–Crippen MR) is 78.6 cm³/mol. The highest BCUT2D eigenvalue weighted by molar-refractivity contribution is 5.83. The number of nitrogens with zero attached hydrogens (tertiary/aromatic N) is 3. The molecule has 2 aromatic heterocycles. The summed E-state index contributed by atoms with van der Waals surface area (Å²) < 4.78 is 2.22. The van der Waals surface area contributed by atoms with E-state index in [9.17, 15) is 0 Å². The first-order chi connectivity index (χ1) is 9.20. The van der Waals surface area contributed by atoms with E-state index in [2.05, 4.69) is 39.6 Å². The number of benzene rings is 1. The van der Waals surface area contributed by atoms with E-state index < -0.39 is 0 Å². The van der Waals surface area contributed by atoms with Crippen LogP contribution in [0.15, 0.2) is 30.5 Å². The van der Waals surface area contributed by atoms with Crippen molar-refractivity contribution in [2.24, 2.45) is 5.92 Å². The molecule has 0 saturated carbocycles. The molecule has 4 nitrogen and oxygen atoms in total. The van der Waals surface area contributed by atoms with Gasteiger partial charge in [0.1, 0.15) is 0 Å². The second kappa shape index (κ2) is 4.53. The second-order valence-corrected chi connectivity index (χ2v) is 5.21. The average Bonchev–Trinajstić information content (AvgIpc) is 2.81. The van der Waals surface area contributed by atoms with Crippen molar-refractivity contribution in [3.8, 4) is 0 Å². The van der Waals surface area contributed by atoms with Crippen molar-refractivity contribution in [3.63, 3.8) is 0 Å². The third-order valence-electron chi connectivity index (χ3n) is 3.26. The predicted octanol–water partition coefficient (Wildman–Crippen LogP) is 3.12. The molecule has 0 aliphatic carbocycles. The number of hydrogen-bond acceptors (Lipinski definition) is 3. The van der Waals surface area contributed by atoms with Crippen LogP contribution in [-0.2, 0) is 6.42 Å². The lowest BCUT2D eigenvalue weighted by atomic mass is 10.1. The van der Waals surface area contributed by atoms with Gasteiger partial charge in [-0.25, -0.2) is 9.97 Å². The van der Waals surface area contributed by atoms with Crippen LogP contribution in [0.5, 0.6) is 0 Å². The molecule has 0 saturated heterocycles. The zero-order valence-electron chi connectivity index (χ0n) is 11.5. The minimum Gasteiger partial charge on any atom is -0.370 e. The van der Waals surface area contributed by atoms with E-state index in [1.165, 1.54) is 5.69 Å². The van der Waals surface area contributed by atoms with Gasteiger partial charge in [0.2, 0.25) is 0 Å². The fourth-order valence-electron chi connectivity index (χ4n) is 2.47. The highest BCUT2D eigenvalue weighted by Gasteiger charge is 2.13. The molecule has 3 aromatic rings. The lowest BCUT2D eigenvalue weighted by Gasteiger charge is -2.10. The van der Waals surface area contributed by atoms with Gasteiger partial charge in [0.05, 0.1) is 11.0 Å². The molecule has 0 aliphatic heterocycles. The SMILES string of the molecule is CNc1nc2ccccc2n2c(CC(C)C)cnc12. The molecule has 0 bridgehead atoms. The van der Waals surface area contributed by atoms with E-state index in [0.29, 0.717) is 5.92 Å². The maximum atomic E-state index is 4.62. The fourth-order valence-corrected chi connectivity index (χ4v) is 2.47. The fraction of sp³-hybridized carbons (Fsp3) is 0.333. The summed E-state index contributed by atoms with van der Waals surface area (Å²) >= 11 is 0. The highest BCUT2D eigenvalue weighted by atomic mass is 15.1. The molecule has 0 radical (unpaired) electrons. The smallest absolute Gasteiger partial charge is 0.180 e. The largest absolute Gasteiger partial charge is 0.370 e. The summed E-state index contributed by atoms with van der Waals surface area (Å²) in [4.78, 5) is 9.15. The maximum absolute atomic E-state index is 4.62. The van der Waals surface area contributed by atoms with Crippen molar-refractivity contribution in [2.45, 2.75) is 20.3 Å². The number of fused-ring (bicyclic) bond motifs is 3. The first-order valence-electron chi connectivity index (χ1n) is 6.63. The number of rotatable bonds is 3. The third-order valence-corrected chi connectivity index (χ3v) is 3.26. The number of imidazole rings is 1. The van der Waals surface area contributed by atoms with Gasteiger partial charge in [-0.1, -0.05) is 26.0 Å². The zero-order valence-corrected chi connectivity index (χ0v) is 11.5. The number of hydrogen-bond donors (Lipinski definition) is 1. The van der Waals surface area contributed by atoms with E-state index in [4.69, 9.17) is 0 Å². The molecule has 98 valence electrons. The molecule has 4 heteroatoms. The highest BCUT2D eigenvalue weighted by Crippen LogP contribution is 2.23. The number of para-hydroxylation sites is 2. The third kappa shape index (κ3) is 1.93. The van der Waals surface area contributed by atoms with Crippen molar-refractivity contribution >= 4 is 22.5 Å². The zero-order chi connectivity index (χ0) is 13.4. The molecule has 1 aromatic carbocycles. The van der Waals surface area contributed by atoms with E-state index in [1.54, 1.807) is 0 Å². The summed E-state index contributed by atoms with van der Waals surface area (Å²) in [6.45, 7) is 4.45. The number of aromatic nitrogens is 3. The minimum atomic E-state index is 0.602. The van der Waals surface area contributed by atoms with Gasteiger partial charge >= 0.3 is 0 Å². The Morgan fingerprint density at radius 2 is 2.05 bits per heavy atom. The first kappa shape index (κ1) is 12.0. The molecular weight excluding hydrogens is 236 g/mol. The Bertz CT molecular complexity index is 727. The molecule has 1 N–H and O–H groups in total. The molecule has 0 aliphatic rings. The van der Waals surface area contributed by atoms with Crippen LogP contribution in [0.1, 0.15) is 19.5 Å². The Hall–Kier alpha value is -2.10. The van der Waals surface area contributed by atoms with Gasteiger partial charge in [0.15, 0.2) is 11.5 Å². The van der Waals surface area contributed by atoms with Gasteiger partial charge in [-0.05, 0) is 24.5 Å². The quantitative estimate of drug-likeness (QED) is 0.781. The van der Waals surface area contributed by atoms with Crippen LogP contribution in [0.4, 0.5) is 5.82 Å². The van der Waals surface area contributed by atoms with E-state index in [0.717, 1.165) is 28.9 Å². The lowest BCUT2D eigenvalue weighted by Crippen LogP contribution is -2.03. The summed E-state index contributed by atoms with van der Waals surface area (Å²) in [5, 5.41) is 3.13. The minimum absolute atomic E-state index is 0.602. The molecule has 19 heavy (non-hydrogen) atoms. The van der Waals surface area contributed by atoms with Gasteiger partial charge in [0, 0.05) is 18.9 Å². The maximum Gasteiger partial charge on any atom is 0.180 e.